The Labute approximate surface area is 157 Å². The van der Waals surface area contributed by atoms with E-state index in [4.69, 9.17) is 4.42 Å². The number of nitrogens with zero attached hydrogens (tertiary/aromatic N) is 2. The second kappa shape index (κ2) is 7.83. The fourth-order valence-corrected chi connectivity index (χ4v) is 2.91. The van der Waals surface area contributed by atoms with E-state index in [2.05, 4.69) is 15.5 Å². The largest absolute Gasteiger partial charge is 0.418 e. The molecule has 0 aliphatic rings. The molecule has 1 aromatic heterocycles. The van der Waals surface area contributed by atoms with Gasteiger partial charge in [-0.3, -0.25) is 4.79 Å². The highest BCUT2D eigenvalue weighted by atomic mass is 32.2. The van der Waals surface area contributed by atoms with E-state index >= 15 is 0 Å². The van der Waals surface area contributed by atoms with Crippen LogP contribution < -0.4 is 5.32 Å². The van der Waals surface area contributed by atoms with E-state index < -0.39 is 17.6 Å². The standard InChI is InChI=1S/C18H14F3N3O2S/c1-11-6-2-3-7-12(11)16-23-24-17(26-16)27-10-15(25)22-14-9-5-4-8-13(14)18(19,20)21/h2-9H,10H2,1H3,(H,22,25). The number of alkyl halides is 3. The number of halogens is 3. The number of carbonyl (C=O) groups is 1. The molecule has 1 heterocycles. The molecule has 0 spiro atoms. The second-order valence-corrected chi connectivity index (χ2v) is 6.49. The quantitative estimate of drug-likeness (QED) is 0.631. The fourth-order valence-electron chi connectivity index (χ4n) is 2.34. The molecule has 1 amide bonds. The number of aromatic nitrogens is 2. The predicted molar refractivity (Wildman–Crippen MR) is 95.3 cm³/mol. The van der Waals surface area contributed by atoms with Gasteiger partial charge in [0.25, 0.3) is 5.22 Å². The van der Waals surface area contributed by atoms with Crippen molar-refractivity contribution < 1.29 is 22.4 Å². The Balaban J connectivity index is 1.64. The van der Waals surface area contributed by atoms with Gasteiger partial charge in [0, 0.05) is 5.56 Å². The normalized spacial score (nSPS) is 11.4. The van der Waals surface area contributed by atoms with E-state index in [1.165, 1.54) is 18.2 Å². The molecule has 3 rings (SSSR count). The van der Waals surface area contributed by atoms with Crippen LogP contribution in [0.1, 0.15) is 11.1 Å². The topological polar surface area (TPSA) is 68.0 Å². The Morgan fingerprint density at radius 2 is 1.81 bits per heavy atom. The number of nitrogens with one attached hydrogen (secondary N) is 1. The van der Waals surface area contributed by atoms with Crippen LogP contribution in [0.25, 0.3) is 11.5 Å². The lowest BCUT2D eigenvalue weighted by atomic mass is 10.1. The number of aryl methyl sites for hydroxylation is 1. The predicted octanol–water partition coefficient (Wildman–Crippen LogP) is 4.79. The molecule has 0 saturated carbocycles. The minimum absolute atomic E-state index is 0.160. The first kappa shape index (κ1) is 19.0. The minimum Gasteiger partial charge on any atom is -0.411 e. The first-order valence-corrected chi connectivity index (χ1v) is 8.81. The van der Waals surface area contributed by atoms with Crippen LogP contribution in [0.3, 0.4) is 0 Å². The van der Waals surface area contributed by atoms with Gasteiger partial charge >= 0.3 is 6.18 Å². The van der Waals surface area contributed by atoms with Gasteiger partial charge in [0.1, 0.15) is 0 Å². The summed E-state index contributed by atoms with van der Waals surface area (Å²) in [5.74, 6) is -0.451. The molecule has 0 atom stereocenters. The molecule has 2 aromatic carbocycles. The molecular formula is C18H14F3N3O2S. The third-order valence-corrected chi connectivity index (χ3v) is 4.43. The summed E-state index contributed by atoms with van der Waals surface area (Å²) in [6, 6.07) is 12.3. The van der Waals surface area contributed by atoms with Crippen molar-refractivity contribution in [2.75, 3.05) is 11.1 Å². The molecule has 140 valence electrons. The zero-order chi connectivity index (χ0) is 19.4. The molecular weight excluding hydrogens is 379 g/mol. The lowest BCUT2D eigenvalue weighted by Gasteiger charge is -2.13. The maximum atomic E-state index is 13.0. The summed E-state index contributed by atoms with van der Waals surface area (Å²) in [4.78, 5) is 12.0. The third kappa shape index (κ3) is 4.68. The van der Waals surface area contributed by atoms with E-state index in [9.17, 15) is 18.0 Å². The van der Waals surface area contributed by atoms with E-state index in [1.54, 1.807) is 0 Å². The summed E-state index contributed by atoms with van der Waals surface area (Å²) in [7, 11) is 0. The first-order valence-electron chi connectivity index (χ1n) is 7.83. The number of hydrogen-bond acceptors (Lipinski definition) is 5. The van der Waals surface area contributed by atoms with Gasteiger partial charge in [0.2, 0.25) is 11.8 Å². The fraction of sp³-hybridized carbons (Fsp3) is 0.167. The van der Waals surface area contributed by atoms with E-state index in [0.717, 1.165) is 29.0 Å². The summed E-state index contributed by atoms with van der Waals surface area (Å²) in [5, 5.41) is 10.2. The summed E-state index contributed by atoms with van der Waals surface area (Å²) in [6.07, 6.45) is -4.55. The molecule has 0 aliphatic heterocycles. The van der Waals surface area contributed by atoms with Gasteiger partial charge in [-0.2, -0.15) is 13.2 Å². The zero-order valence-corrected chi connectivity index (χ0v) is 14.9. The van der Waals surface area contributed by atoms with Crippen molar-refractivity contribution in [3.05, 3.63) is 59.7 Å². The average molecular weight is 393 g/mol. The molecule has 0 saturated heterocycles. The van der Waals surface area contributed by atoms with Crippen LogP contribution in [0.5, 0.6) is 0 Å². The lowest BCUT2D eigenvalue weighted by molar-refractivity contribution is -0.137. The highest BCUT2D eigenvalue weighted by Crippen LogP contribution is 2.34. The molecule has 0 bridgehead atoms. The van der Waals surface area contributed by atoms with Crippen molar-refractivity contribution >= 4 is 23.4 Å². The maximum Gasteiger partial charge on any atom is 0.418 e. The second-order valence-electron chi connectivity index (χ2n) is 5.57. The number of benzene rings is 2. The van der Waals surface area contributed by atoms with Crippen LogP contribution >= 0.6 is 11.8 Å². The number of anilines is 1. The Bertz CT molecular complexity index is 957. The summed E-state index contributed by atoms with van der Waals surface area (Å²) in [5.41, 5.74) is 0.546. The van der Waals surface area contributed by atoms with Gasteiger partial charge in [0.05, 0.1) is 17.0 Å². The van der Waals surface area contributed by atoms with Crippen LogP contribution in [0.15, 0.2) is 58.2 Å². The van der Waals surface area contributed by atoms with E-state index in [0.29, 0.717) is 5.89 Å². The van der Waals surface area contributed by atoms with E-state index in [1.807, 2.05) is 31.2 Å². The van der Waals surface area contributed by atoms with Crippen molar-refractivity contribution in [2.24, 2.45) is 0 Å². The van der Waals surface area contributed by atoms with Crippen molar-refractivity contribution in [1.82, 2.24) is 10.2 Å². The molecule has 5 nitrogen and oxygen atoms in total. The number of carbonyl (C=O) groups excluding carboxylic acids is 1. The third-order valence-electron chi connectivity index (χ3n) is 3.62. The van der Waals surface area contributed by atoms with Gasteiger partial charge in [-0.05, 0) is 30.7 Å². The minimum atomic E-state index is -4.55. The number of hydrogen-bond donors (Lipinski definition) is 1. The molecule has 1 N–H and O–H groups in total. The average Bonchev–Trinajstić information content (AvgIpc) is 3.09. The van der Waals surface area contributed by atoms with Crippen molar-refractivity contribution in [2.45, 2.75) is 18.3 Å². The smallest absolute Gasteiger partial charge is 0.411 e. The molecule has 0 unspecified atom stereocenters. The Morgan fingerprint density at radius 3 is 2.56 bits per heavy atom. The van der Waals surface area contributed by atoms with Crippen molar-refractivity contribution in [3.63, 3.8) is 0 Å². The maximum absolute atomic E-state index is 13.0. The molecule has 3 aromatic rings. The highest BCUT2D eigenvalue weighted by molar-refractivity contribution is 7.99. The monoisotopic (exact) mass is 393 g/mol. The Kier molecular flexibility index (Phi) is 5.50. The molecule has 9 heteroatoms. The molecule has 0 aliphatic carbocycles. The summed E-state index contributed by atoms with van der Waals surface area (Å²) < 4.78 is 44.4. The van der Waals surface area contributed by atoms with Crippen LogP contribution in [-0.2, 0) is 11.0 Å². The number of thioether (sulfide) groups is 1. The van der Waals surface area contributed by atoms with Crippen LogP contribution in [0.2, 0.25) is 0 Å². The van der Waals surface area contributed by atoms with E-state index in [-0.39, 0.29) is 16.7 Å². The summed E-state index contributed by atoms with van der Waals surface area (Å²) in [6.45, 7) is 1.90. The van der Waals surface area contributed by atoms with Crippen LogP contribution in [0, 0.1) is 6.92 Å². The molecule has 0 fully saturated rings. The molecule has 27 heavy (non-hydrogen) atoms. The highest BCUT2D eigenvalue weighted by Gasteiger charge is 2.33. The Morgan fingerprint density at radius 1 is 1.11 bits per heavy atom. The molecule has 0 radical (unpaired) electrons. The van der Waals surface area contributed by atoms with Gasteiger partial charge in [-0.25, -0.2) is 0 Å². The zero-order valence-electron chi connectivity index (χ0n) is 14.1. The number of rotatable bonds is 5. The SMILES string of the molecule is Cc1ccccc1-c1nnc(SCC(=O)Nc2ccccc2C(F)(F)F)o1. The van der Waals surface area contributed by atoms with Crippen molar-refractivity contribution in [3.8, 4) is 11.5 Å². The van der Waals surface area contributed by atoms with Gasteiger partial charge in [-0.15, -0.1) is 10.2 Å². The van der Waals surface area contributed by atoms with Crippen LogP contribution in [0.4, 0.5) is 18.9 Å². The first-order chi connectivity index (χ1) is 12.8. The van der Waals surface area contributed by atoms with Gasteiger partial charge in [-0.1, -0.05) is 42.1 Å². The van der Waals surface area contributed by atoms with Crippen LogP contribution in [-0.4, -0.2) is 21.9 Å². The number of para-hydroxylation sites is 1. The van der Waals surface area contributed by atoms with Crippen molar-refractivity contribution in [1.29, 1.82) is 0 Å². The summed E-state index contributed by atoms with van der Waals surface area (Å²) >= 11 is 0.949. The van der Waals surface area contributed by atoms with Gasteiger partial charge < -0.3 is 9.73 Å². The lowest BCUT2D eigenvalue weighted by Crippen LogP contribution is -2.18. The number of amides is 1. The Hall–Kier alpha value is -2.81. The van der Waals surface area contributed by atoms with Gasteiger partial charge in [0.15, 0.2) is 0 Å².